The highest BCUT2D eigenvalue weighted by molar-refractivity contribution is 5.98. The predicted octanol–water partition coefficient (Wildman–Crippen LogP) is 2.86. The average Bonchev–Trinajstić information content (AvgIpc) is 2.94. The number of nitrogens with zero attached hydrogens (tertiary/aromatic N) is 2. The van der Waals surface area contributed by atoms with Gasteiger partial charge in [-0.1, -0.05) is 29.8 Å². The zero-order valence-electron chi connectivity index (χ0n) is 11.9. The minimum Gasteiger partial charge on any atom is -0.462 e. The SMILES string of the molecule is CCOC(=O)/C(C#N)=C\c1cn[nH]c1-c1ccc(C)cc1. The first-order valence-corrected chi connectivity index (χ1v) is 6.55. The summed E-state index contributed by atoms with van der Waals surface area (Å²) < 4.78 is 4.84. The van der Waals surface area contributed by atoms with Crippen LogP contribution >= 0.6 is 0 Å². The Morgan fingerprint density at radius 2 is 2.14 bits per heavy atom. The van der Waals surface area contributed by atoms with E-state index in [0.717, 1.165) is 16.8 Å². The Labute approximate surface area is 122 Å². The van der Waals surface area contributed by atoms with Crippen LogP contribution < -0.4 is 0 Å². The molecule has 1 N–H and O–H groups in total. The van der Waals surface area contributed by atoms with E-state index in [0.29, 0.717) is 5.56 Å². The zero-order valence-corrected chi connectivity index (χ0v) is 11.9. The number of hydrogen-bond donors (Lipinski definition) is 1. The standard InChI is InChI=1S/C16H15N3O2/c1-3-21-16(20)13(9-17)8-14-10-18-19-15(14)12-6-4-11(2)5-7-12/h4-8,10H,3H2,1-2H3,(H,18,19)/b13-8-. The number of rotatable bonds is 4. The van der Waals surface area contributed by atoms with Crippen molar-refractivity contribution in [2.75, 3.05) is 6.61 Å². The molecule has 0 aliphatic heterocycles. The molecule has 1 heterocycles. The second kappa shape index (κ2) is 6.53. The molecule has 0 unspecified atom stereocenters. The fraction of sp³-hybridized carbons (Fsp3) is 0.188. The Kier molecular flexibility index (Phi) is 4.52. The highest BCUT2D eigenvalue weighted by Gasteiger charge is 2.13. The molecule has 0 aliphatic rings. The second-order valence-electron chi connectivity index (χ2n) is 4.46. The maximum atomic E-state index is 11.6. The molecular formula is C16H15N3O2. The largest absolute Gasteiger partial charge is 0.462 e. The molecule has 0 bridgehead atoms. The van der Waals surface area contributed by atoms with Gasteiger partial charge in [0.2, 0.25) is 0 Å². The number of aromatic nitrogens is 2. The van der Waals surface area contributed by atoms with E-state index in [4.69, 9.17) is 10.00 Å². The monoisotopic (exact) mass is 281 g/mol. The fourth-order valence-corrected chi connectivity index (χ4v) is 1.86. The topological polar surface area (TPSA) is 78.8 Å². The first kappa shape index (κ1) is 14.5. The number of carbonyl (C=O) groups excluding carboxylic acids is 1. The third-order valence-corrected chi connectivity index (χ3v) is 2.92. The number of hydrogen-bond acceptors (Lipinski definition) is 4. The summed E-state index contributed by atoms with van der Waals surface area (Å²) >= 11 is 0. The molecule has 0 atom stereocenters. The van der Waals surface area contributed by atoms with Crippen molar-refractivity contribution in [3.8, 4) is 17.3 Å². The van der Waals surface area contributed by atoms with Crippen LogP contribution in [0.5, 0.6) is 0 Å². The number of carbonyl (C=O) groups is 1. The summed E-state index contributed by atoms with van der Waals surface area (Å²) in [5.74, 6) is -0.629. The predicted molar refractivity (Wildman–Crippen MR) is 79.0 cm³/mol. The smallest absolute Gasteiger partial charge is 0.348 e. The van der Waals surface area contributed by atoms with Crippen molar-refractivity contribution in [2.24, 2.45) is 0 Å². The molecule has 1 aromatic carbocycles. The lowest BCUT2D eigenvalue weighted by atomic mass is 10.0. The number of ether oxygens (including phenoxy) is 1. The summed E-state index contributed by atoms with van der Waals surface area (Å²) in [6.45, 7) is 3.93. The van der Waals surface area contributed by atoms with E-state index in [1.807, 2.05) is 37.3 Å². The molecule has 0 aliphatic carbocycles. The first-order valence-electron chi connectivity index (χ1n) is 6.55. The van der Waals surface area contributed by atoms with Gasteiger partial charge in [-0.3, -0.25) is 5.10 Å². The van der Waals surface area contributed by atoms with E-state index in [2.05, 4.69) is 10.2 Å². The minimum absolute atomic E-state index is 0.0494. The van der Waals surface area contributed by atoms with Gasteiger partial charge in [-0.05, 0) is 19.9 Å². The van der Waals surface area contributed by atoms with E-state index in [9.17, 15) is 4.79 Å². The van der Waals surface area contributed by atoms with E-state index >= 15 is 0 Å². The molecular weight excluding hydrogens is 266 g/mol. The molecule has 106 valence electrons. The van der Waals surface area contributed by atoms with Crippen molar-refractivity contribution in [1.82, 2.24) is 10.2 Å². The fourth-order valence-electron chi connectivity index (χ4n) is 1.86. The summed E-state index contributed by atoms with van der Waals surface area (Å²) in [7, 11) is 0. The van der Waals surface area contributed by atoms with Crippen molar-refractivity contribution >= 4 is 12.0 Å². The Bertz CT molecular complexity index is 706. The lowest BCUT2D eigenvalue weighted by Gasteiger charge is -2.02. The van der Waals surface area contributed by atoms with E-state index in [1.165, 1.54) is 6.08 Å². The van der Waals surface area contributed by atoms with Crippen molar-refractivity contribution in [1.29, 1.82) is 5.26 Å². The van der Waals surface area contributed by atoms with Crippen LogP contribution in [0.3, 0.4) is 0 Å². The van der Waals surface area contributed by atoms with Gasteiger partial charge < -0.3 is 4.74 Å². The van der Waals surface area contributed by atoms with Crippen molar-refractivity contribution in [2.45, 2.75) is 13.8 Å². The van der Waals surface area contributed by atoms with Gasteiger partial charge in [0.1, 0.15) is 11.6 Å². The number of H-pyrrole nitrogens is 1. The number of nitriles is 1. The van der Waals surface area contributed by atoms with Crippen LogP contribution in [0, 0.1) is 18.3 Å². The van der Waals surface area contributed by atoms with Gasteiger partial charge in [0.05, 0.1) is 18.5 Å². The van der Waals surface area contributed by atoms with Crippen LogP contribution in [0.25, 0.3) is 17.3 Å². The third kappa shape index (κ3) is 3.37. The summed E-state index contributed by atoms with van der Waals surface area (Å²) in [6.07, 6.45) is 3.06. The van der Waals surface area contributed by atoms with E-state index < -0.39 is 5.97 Å². The molecule has 0 amide bonds. The van der Waals surface area contributed by atoms with Gasteiger partial charge in [0, 0.05) is 11.1 Å². The van der Waals surface area contributed by atoms with Gasteiger partial charge in [-0.15, -0.1) is 0 Å². The number of esters is 1. The van der Waals surface area contributed by atoms with Crippen LogP contribution in [-0.2, 0) is 9.53 Å². The molecule has 2 rings (SSSR count). The van der Waals surface area contributed by atoms with Crippen molar-refractivity contribution in [3.05, 3.63) is 47.2 Å². The van der Waals surface area contributed by atoms with Crippen LogP contribution in [-0.4, -0.2) is 22.8 Å². The lowest BCUT2D eigenvalue weighted by Crippen LogP contribution is -2.06. The molecule has 21 heavy (non-hydrogen) atoms. The molecule has 0 saturated carbocycles. The Hall–Kier alpha value is -2.87. The third-order valence-electron chi connectivity index (χ3n) is 2.92. The van der Waals surface area contributed by atoms with Crippen LogP contribution in [0.4, 0.5) is 0 Å². The summed E-state index contributed by atoms with van der Waals surface area (Å²) in [4.78, 5) is 11.6. The Morgan fingerprint density at radius 3 is 2.76 bits per heavy atom. The summed E-state index contributed by atoms with van der Waals surface area (Å²) in [5.41, 5.74) is 3.47. The summed E-state index contributed by atoms with van der Waals surface area (Å²) in [6, 6.07) is 9.74. The zero-order chi connectivity index (χ0) is 15.2. The highest BCUT2D eigenvalue weighted by atomic mass is 16.5. The molecule has 0 spiro atoms. The molecule has 1 aromatic heterocycles. The van der Waals surface area contributed by atoms with Crippen LogP contribution in [0.2, 0.25) is 0 Å². The molecule has 2 aromatic rings. The quantitative estimate of drug-likeness (QED) is 0.531. The number of aryl methyl sites for hydroxylation is 1. The number of benzene rings is 1. The van der Waals surface area contributed by atoms with Gasteiger partial charge in [-0.25, -0.2) is 4.79 Å². The van der Waals surface area contributed by atoms with Crippen molar-refractivity contribution < 1.29 is 9.53 Å². The normalized spacial score (nSPS) is 11.0. The van der Waals surface area contributed by atoms with Gasteiger partial charge in [0.25, 0.3) is 0 Å². The number of aromatic amines is 1. The molecule has 0 saturated heterocycles. The number of nitrogens with one attached hydrogen (secondary N) is 1. The molecule has 5 heteroatoms. The Morgan fingerprint density at radius 1 is 1.43 bits per heavy atom. The van der Waals surface area contributed by atoms with Crippen LogP contribution in [0.15, 0.2) is 36.0 Å². The molecule has 5 nitrogen and oxygen atoms in total. The van der Waals surface area contributed by atoms with Gasteiger partial charge in [-0.2, -0.15) is 10.4 Å². The first-order chi connectivity index (χ1) is 10.2. The maximum Gasteiger partial charge on any atom is 0.348 e. The van der Waals surface area contributed by atoms with Crippen LogP contribution in [0.1, 0.15) is 18.1 Å². The molecule has 0 fully saturated rings. The van der Waals surface area contributed by atoms with E-state index in [-0.39, 0.29) is 12.2 Å². The second-order valence-corrected chi connectivity index (χ2v) is 4.46. The Balaban J connectivity index is 2.38. The maximum absolute atomic E-state index is 11.6. The average molecular weight is 281 g/mol. The van der Waals surface area contributed by atoms with E-state index in [1.54, 1.807) is 13.1 Å². The minimum atomic E-state index is -0.629. The lowest BCUT2D eigenvalue weighted by molar-refractivity contribution is -0.137. The van der Waals surface area contributed by atoms with Gasteiger partial charge in [0.15, 0.2) is 0 Å². The summed E-state index contributed by atoms with van der Waals surface area (Å²) in [5, 5.41) is 15.9. The highest BCUT2D eigenvalue weighted by Crippen LogP contribution is 2.23. The van der Waals surface area contributed by atoms with Gasteiger partial charge >= 0.3 is 5.97 Å². The molecule has 0 radical (unpaired) electrons. The van der Waals surface area contributed by atoms with Crippen molar-refractivity contribution in [3.63, 3.8) is 0 Å².